The van der Waals surface area contributed by atoms with E-state index in [1.54, 1.807) is 11.3 Å². The van der Waals surface area contributed by atoms with E-state index in [1.807, 2.05) is 16.3 Å². The van der Waals surface area contributed by atoms with Crippen molar-refractivity contribution in [2.24, 2.45) is 0 Å². The van der Waals surface area contributed by atoms with E-state index in [4.69, 9.17) is 4.52 Å². The van der Waals surface area contributed by atoms with Crippen LogP contribution in [0.3, 0.4) is 0 Å². The van der Waals surface area contributed by atoms with Crippen LogP contribution >= 0.6 is 11.3 Å². The lowest BCUT2D eigenvalue weighted by molar-refractivity contribution is 0.0719. The molecule has 2 aromatic heterocycles. The molecule has 5 heteroatoms. The Hall–Kier alpha value is -1.62. The Morgan fingerprint density at radius 1 is 1.40 bits per heavy atom. The lowest BCUT2D eigenvalue weighted by atomic mass is 10.2. The maximum absolute atomic E-state index is 12.6. The van der Waals surface area contributed by atoms with Crippen LogP contribution in [0.5, 0.6) is 0 Å². The van der Waals surface area contributed by atoms with Gasteiger partial charge in [-0.25, -0.2) is 0 Å². The molecule has 4 rings (SSSR count). The molecular formula is C15H16N2O2S. The number of thiophene rings is 1. The third-order valence-corrected chi connectivity index (χ3v) is 4.64. The van der Waals surface area contributed by atoms with Gasteiger partial charge in [-0.3, -0.25) is 4.79 Å². The maximum atomic E-state index is 12.6. The molecule has 2 heterocycles. The van der Waals surface area contributed by atoms with Gasteiger partial charge in [-0.15, -0.1) is 0 Å². The molecule has 0 radical (unpaired) electrons. The van der Waals surface area contributed by atoms with Crippen molar-refractivity contribution in [2.45, 2.75) is 44.2 Å². The van der Waals surface area contributed by atoms with Crippen molar-refractivity contribution in [2.75, 3.05) is 0 Å². The Balaban J connectivity index is 1.53. The summed E-state index contributed by atoms with van der Waals surface area (Å²) < 4.78 is 5.30. The average Bonchev–Trinajstić information content (AvgIpc) is 3.39. The summed E-state index contributed by atoms with van der Waals surface area (Å²) in [4.78, 5) is 14.6. The van der Waals surface area contributed by atoms with E-state index in [-0.39, 0.29) is 5.91 Å². The predicted octanol–water partition coefficient (Wildman–Crippen LogP) is 3.42. The van der Waals surface area contributed by atoms with Crippen LogP contribution in [-0.4, -0.2) is 22.0 Å². The summed E-state index contributed by atoms with van der Waals surface area (Å²) >= 11 is 1.67. The first-order valence-electron chi connectivity index (χ1n) is 7.10. The number of nitrogens with zero attached hydrogens (tertiary/aromatic N) is 2. The summed E-state index contributed by atoms with van der Waals surface area (Å²) in [7, 11) is 0. The van der Waals surface area contributed by atoms with Gasteiger partial charge in [0.1, 0.15) is 5.76 Å². The highest BCUT2D eigenvalue weighted by molar-refractivity contribution is 7.07. The Morgan fingerprint density at radius 2 is 2.25 bits per heavy atom. The van der Waals surface area contributed by atoms with Crippen molar-refractivity contribution >= 4 is 17.2 Å². The predicted molar refractivity (Wildman–Crippen MR) is 75.7 cm³/mol. The molecule has 2 aromatic rings. The molecule has 0 saturated heterocycles. The van der Waals surface area contributed by atoms with Crippen molar-refractivity contribution in [3.8, 4) is 0 Å². The standard InChI is InChI=1S/C15H16N2O2S/c18-15(13-7-14(19-16-13)11-1-2-11)17(12-3-4-12)8-10-5-6-20-9-10/h5-7,9,11-12H,1-4,8H2. The molecule has 2 fully saturated rings. The minimum absolute atomic E-state index is 0.00866. The first kappa shape index (κ1) is 12.1. The number of hydrogen-bond donors (Lipinski definition) is 0. The van der Waals surface area contributed by atoms with Gasteiger partial charge in [-0.05, 0) is 48.1 Å². The Kier molecular flexibility index (Phi) is 2.88. The van der Waals surface area contributed by atoms with E-state index < -0.39 is 0 Å². The largest absolute Gasteiger partial charge is 0.360 e. The number of carbonyl (C=O) groups is 1. The molecular weight excluding hydrogens is 272 g/mol. The summed E-state index contributed by atoms with van der Waals surface area (Å²) in [6, 6.07) is 4.29. The summed E-state index contributed by atoms with van der Waals surface area (Å²) in [5.74, 6) is 1.38. The van der Waals surface area contributed by atoms with Gasteiger partial charge in [0.05, 0.1) is 0 Å². The van der Waals surface area contributed by atoms with Crippen LogP contribution in [0.4, 0.5) is 0 Å². The fourth-order valence-corrected chi connectivity index (χ4v) is 3.09. The molecule has 0 aromatic carbocycles. The molecule has 0 unspecified atom stereocenters. The van der Waals surface area contributed by atoms with E-state index in [1.165, 1.54) is 5.56 Å². The fraction of sp³-hybridized carbons (Fsp3) is 0.467. The highest BCUT2D eigenvalue weighted by Gasteiger charge is 2.35. The van der Waals surface area contributed by atoms with Gasteiger partial charge in [-0.2, -0.15) is 11.3 Å². The average molecular weight is 288 g/mol. The van der Waals surface area contributed by atoms with Crippen LogP contribution in [0, 0.1) is 0 Å². The zero-order chi connectivity index (χ0) is 13.5. The van der Waals surface area contributed by atoms with Crippen LogP contribution in [0.1, 0.15) is 53.4 Å². The summed E-state index contributed by atoms with van der Waals surface area (Å²) in [5.41, 5.74) is 1.66. The SMILES string of the molecule is O=C(c1cc(C2CC2)on1)N(Cc1ccsc1)C1CC1. The highest BCUT2D eigenvalue weighted by atomic mass is 32.1. The fourth-order valence-electron chi connectivity index (χ4n) is 2.43. The van der Waals surface area contributed by atoms with Crippen LogP contribution in [0.15, 0.2) is 27.4 Å². The smallest absolute Gasteiger partial charge is 0.276 e. The minimum Gasteiger partial charge on any atom is -0.360 e. The minimum atomic E-state index is 0.00866. The molecule has 4 nitrogen and oxygen atoms in total. The molecule has 0 bridgehead atoms. The van der Waals surface area contributed by atoms with Gasteiger partial charge in [0.15, 0.2) is 5.69 Å². The zero-order valence-corrected chi connectivity index (χ0v) is 11.9. The molecule has 0 atom stereocenters. The van der Waals surface area contributed by atoms with Crippen molar-refractivity contribution in [3.63, 3.8) is 0 Å². The number of amides is 1. The second-order valence-electron chi connectivity index (χ2n) is 5.68. The first-order chi connectivity index (χ1) is 9.81. The van der Waals surface area contributed by atoms with E-state index in [0.29, 0.717) is 24.2 Å². The molecule has 0 N–H and O–H groups in total. The molecule has 0 spiro atoms. The molecule has 20 heavy (non-hydrogen) atoms. The van der Waals surface area contributed by atoms with Crippen LogP contribution in [-0.2, 0) is 6.54 Å². The topological polar surface area (TPSA) is 46.3 Å². The van der Waals surface area contributed by atoms with Crippen LogP contribution in [0.2, 0.25) is 0 Å². The van der Waals surface area contributed by atoms with Crippen LogP contribution < -0.4 is 0 Å². The zero-order valence-electron chi connectivity index (χ0n) is 11.1. The summed E-state index contributed by atoms with van der Waals surface area (Å²) in [6.07, 6.45) is 4.51. The van der Waals surface area contributed by atoms with Crippen molar-refractivity contribution in [1.82, 2.24) is 10.1 Å². The number of hydrogen-bond acceptors (Lipinski definition) is 4. The lowest BCUT2D eigenvalue weighted by Crippen LogP contribution is -2.32. The second kappa shape index (κ2) is 4.74. The third-order valence-electron chi connectivity index (χ3n) is 3.91. The van der Waals surface area contributed by atoms with Gasteiger partial charge < -0.3 is 9.42 Å². The van der Waals surface area contributed by atoms with Gasteiger partial charge in [-0.1, -0.05) is 5.16 Å². The van der Waals surface area contributed by atoms with Gasteiger partial charge in [0.25, 0.3) is 5.91 Å². The number of aromatic nitrogens is 1. The van der Waals surface area contributed by atoms with E-state index >= 15 is 0 Å². The molecule has 104 valence electrons. The molecule has 2 aliphatic rings. The Morgan fingerprint density at radius 3 is 2.90 bits per heavy atom. The number of rotatable bonds is 5. The first-order valence-corrected chi connectivity index (χ1v) is 8.04. The second-order valence-corrected chi connectivity index (χ2v) is 6.46. The number of carbonyl (C=O) groups excluding carboxylic acids is 1. The third kappa shape index (κ3) is 2.38. The van der Waals surface area contributed by atoms with Gasteiger partial charge >= 0.3 is 0 Å². The lowest BCUT2D eigenvalue weighted by Gasteiger charge is -2.20. The molecule has 2 saturated carbocycles. The molecule has 0 aliphatic heterocycles. The summed E-state index contributed by atoms with van der Waals surface area (Å²) in [6.45, 7) is 0.679. The van der Waals surface area contributed by atoms with Crippen LogP contribution in [0.25, 0.3) is 0 Å². The normalized spacial score (nSPS) is 18.2. The van der Waals surface area contributed by atoms with Gasteiger partial charge in [0, 0.05) is 24.6 Å². The van der Waals surface area contributed by atoms with Crippen molar-refractivity contribution in [1.29, 1.82) is 0 Å². The molecule has 2 aliphatic carbocycles. The summed E-state index contributed by atoms with van der Waals surface area (Å²) in [5, 5.41) is 8.12. The Bertz CT molecular complexity index is 612. The van der Waals surface area contributed by atoms with E-state index in [0.717, 1.165) is 31.4 Å². The molecule has 1 amide bonds. The van der Waals surface area contributed by atoms with E-state index in [9.17, 15) is 4.79 Å². The Labute approximate surface area is 121 Å². The monoisotopic (exact) mass is 288 g/mol. The van der Waals surface area contributed by atoms with Gasteiger partial charge in [0.2, 0.25) is 0 Å². The quantitative estimate of drug-likeness (QED) is 0.847. The highest BCUT2D eigenvalue weighted by Crippen LogP contribution is 2.40. The van der Waals surface area contributed by atoms with Crippen molar-refractivity contribution < 1.29 is 9.32 Å². The van der Waals surface area contributed by atoms with E-state index in [2.05, 4.69) is 16.6 Å². The van der Waals surface area contributed by atoms with Crippen molar-refractivity contribution in [3.05, 3.63) is 39.9 Å². The maximum Gasteiger partial charge on any atom is 0.276 e.